The third kappa shape index (κ3) is 6.13. The maximum absolute atomic E-state index is 13.5. The van der Waals surface area contributed by atoms with Gasteiger partial charge < -0.3 is 29.8 Å². The van der Waals surface area contributed by atoms with Gasteiger partial charge in [-0.1, -0.05) is 30.3 Å². The van der Waals surface area contributed by atoms with Gasteiger partial charge in [0.1, 0.15) is 0 Å². The molecule has 4 rings (SSSR count). The molecule has 0 aliphatic heterocycles. The van der Waals surface area contributed by atoms with Crippen molar-refractivity contribution in [2.75, 3.05) is 31.7 Å². The van der Waals surface area contributed by atoms with E-state index in [-0.39, 0.29) is 38.0 Å². The van der Waals surface area contributed by atoms with Crippen LogP contribution in [-0.2, 0) is 18.4 Å². The van der Waals surface area contributed by atoms with Gasteiger partial charge in [-0.3, -0.25) is 9.36 Å². The Morgan fingerprint density at radius 3 is 2.31 bits per heavy atom. The van der Waals surface area contributed by atoms with Crippen LogP contribution in [0.1, 0.15) is 31.4 Å². The topological polar surface area (TPSA) is 130 Å². The molecule has 10 heteroatoms. The Morgan fingerprint density at radius 2 is 1.69 bits per heavy atom. The number of aromatic hydroxyl groups is 1. The second-order valence-corrected chi connectivity index (χ2v) is 10.8. The van der Waals surface area contributed by atoms with Crippen LogP contribution < -0.4 is 15.9 Å². The number of benzene rings is 3. The second kappa shape index (κ2) is 12.4. The molecular weight excluding hydrogens is 515 g/mol. The number of nitrogens with one attached hydrogen (secondary N) is 1. The van der Waals surface area contributed by atoms with E-state index in [0.717, 1.165) is 11.3 Å². The Balaban J connectivity index is 1.85. The van der Waals surface area contributed by atoms with E-state index < -0.39 is 7.60 Å². The lowest BCUT2D eigenvalue weighted by atomic mass is 10.0. The number of amides is 1. The molecule has 0 saturated carbocycles. The van der Waals surface area contributed by atoms with Crippen molar-refractivity contribution in [3.05, 3.63) is 83.9 Å². The Kier molecular flexibility index (Phi) is 8.99. The van der Waals surface area contributed by atoms with Gasteiger partial charge in [-0.05, 0) is 56.3 Å². The van der Waals surface area contributed by atoms with Crippen LogP contribution in [0.25, 0.3) is 10.9 Å². The van der Waals surface area contributed by atoms with Gasteiger partial charge in [0.15, 0.2) is 5.88 Å². The van der Waals surface area contributed by atoms with Crippen molar-refractivity contribution < 1.29 is 23.5 Å². The van der Waals surface area contributed by atoms with Crippen LogP contribution in [0.15, 0.2) is 77.8 Å². The average Bonchev–Trinajstić information content (AvgIpc) is 3.27. The van der Waals surface area contributed by atoms with E-state index in [0.29, 0.717) is 33.2 Å². The molecule has 0 saturated heterocycles. The predicted molar refractivity (Wildman–Crippen MR) is 156 cm³/mol. The third-order valence-corrected chi connectivity index (χ3v) is 8.28. The van der Waals surface area contributed by atoms with Crippen molar-refractivity contribution in [3.8, 4) is 5.88 Å². The highest BCUT2D eigenvalue weighted by Crippen LogP contribution is 2.47. The minimum Gasteiger partial charge on any atom is -0.494 e. The molecule has 0 fully saturated rings. The first-order chi connectivity index (χ1) is 18.8. The first-order valence-corrected chi connectivity index (χ1v) is 14.3. The number of fused-ring (bicyclic) bond motifs is 1. The summed E-state index contributed by atoms with van der Waals surface area (Å²) in [5, 5.41) is 12.1. The summed E-state index contributed by atoms with van der Waals surface area (Å²) in [6.07, 6.45) is 0.260. The van der Waals surface area contributed by atoms with Crippen LogP contribution in [0.5, 0.6) is 5.88 Å². The zero-order valence-corrected chi connectivity index (χ0v) is 23.2. The number of H-pyrrole nitrogens is 1. The van der Waals surface area contributed by atoms with Crippen LogP contribution in [-0.4, -0.2) is 48.5 Å². The Bertz CT molecular complexity index is 1510. The minimum absolute atomic E-state index is 0.0730. The molecule has 0 aliphatic rings. The zero-order valence-electron chi connectivity index (χ0n) is 22.3. The van der Waals surface area contributed by atoms with E-state index in [9.17, 15) is 14.5 Å². The van der Waals surface area contributed by atoms with Crippen LogP contribution >= 0.6 is 7.60 Å². The van der Waals surface area contributed by atoms with Crippen molar-refractivity contribution in [3.63, 3.8) is 0 Å². The van der Waals surface area contributed by atoms with E-state index in [4.69, 9.17) is 19.8 Å². The standard InChI is InChI=1S/C29H33N4O5P/c1-4-37-39(36,38-5-2)23-15-16-25-24(19-23)27(29(35)32-25)28(20-9-7-6-8-10-20)31-21-11-13-22(14-12-21)33(3)26(34)17-18-30/h6-16,19,32,35H,4-5,17-18,30H2,1-3H3. The maximum atomic E-state index is 13.5. The van der Waals surface area contributed by atoms with Gasteiger partial charge in [-0.25, -0.2) is 4.99 Å². The summed E-state index contributed by atoms with van der Waals surface area (Å²) in [6.45, 7) is 4.25. The van der Waals surface area contributed by atoms with E-state index in [1.807, 2.05) is 42.5 Å². The van der Waals surface area contributed by atoms with Gasteiger partial charge in [0, 0.05) is 42.2 Å². The first kappa shape index (κ1) is 28.3. The van der Waals surface area contributed by atoms with Crippen molar-refractivity contribution in [1.82, 2.24) is 4.98 Å². The number of anilines is 1. The van der Waals surface area contributed by atoms with Gasteiger partial charge in [0.2, 0.25) is 5.91 Å². The Hall–Kier alpha value is -3.75. The van der Waals surface area contributed by atoms with Gasteiger partial charge >= 0.3 is 7.60 Å². The van der Waals surface area contributed by atoms with E-state index in [1.165, 1.54) is 0 Å². The van der Waals surface area contributed by atoms with Crippen LogP contribution in [0, 0.1) is 0 Å². The zero-order chi connectivity index (χ0) is 28.0. The molecule has 4 N–H and O–H groups in total. The highest BCUT2D eigenvalue weighted by molar-refractivity contribution is 7.62. The maximum Gasteiger partial charge on any atom is 0.361 e. The highest BCUT2D eigenvalue weighted by Gasteiger charge is 2.28. The van der Waals surface area contributed by atoms with E-state index >= 15 is 0 Å². The molecule has 0 radical (unpaired) electrons. The number of nitrogens with two attached hydrogens (primary N) is 1. The Labute approximate surface area is 227 Å². The van der Waals surface area contributed by atoms with Crippen molar-refractivity contribution >= 4 is 46.8 Å². The molecule has 0 unspecified atom stereocenters. The van der Waals surface area contributed by atoms with E-state index in [2.05, 4.69) is 4.98 Å². The smallest absolute Gasteiger partial charge is 0.361 e. The molecule has 0 spiro atoms. The summed E-state index contributed by atoms with van der Waals surface area (Å²) in [5.41, 5.74) is 9.25. The Morgan fingerprint density at radius 1 is 1.03 bits per heavy atom. The summed E-state index contributed by atoms with van der Waals surface area (Å²) < 4.78 is 24.6. The summed E-state index contributed by atoms with van der Waals surface area (Å²) in [4.78, 5) is 21.7. The quantitative estimate of drug-likeness (QED) is 0.173. The fourth-order valence-corrected chi connectivity index (χ4v) is 5.87. The number of aliphatic imine (C=N–C) groups is 1. The molecule has 1 heterocycles. The number of hydrogen-bond acceptors (Lipinski definition) is 7. The van der Waals surface area contributed by atoms with Gasteiger partial charge in [-0.15, -0.1) is 0 Å². The first-order valence-electron chi connectivity index (χ1n) is 12.8. The molecule has 204 valence electrons. The van der Waals surface area contributed by atoms with Crippen LogP contribution in [0.3, 0.4) is 0 Å². The third-order valence-electron chi connectivity index (χ3n) is 6.17. The lowest BCUT2D eigenvalue weighted by molar-refractivity contribution is -0.118. The normalized spacial score (nSPS) is 12.2. The summed E-state index contributed by atoms with van der Waals surface area (Å²) in [7, 11) is -1.85. The fraction of sp³-hybridized carbons (Fsp3) is 0.241. The van der Waals surface area contributed by atoms with Gasteiger partial charge in [0.05, 0.1) is 35.5 Å². The van der Waals surface area contributed by atoms with Crippen molar-refractivity contribution in [2.24, 2.45) is 10.7 Å². The number of nitrogens with zero attached hydrogens (tertiary/aromatic N) is 2. The largest absolute Gasteiger partial charge is 0.494 e. The van der Waals surface area contributed by atoms with Gasteiger partial charge in [0.25, 0.3) is 0 Å². The molecule has 0 bridgehead atoms. The second-order valence-electron chi connectivity index (χ2n) is 8.75. The number of carbonyl (C=O) groups is 1. The number of carbonyl (C=O) groups excluding carboxylic acids is 1. The average molecular weight is 549 g/mol. The lowest BCUT2D eigenvalue weighted by Crippen LogP contribution is -2.27. The highest BCUT2D eigenvalue weighted by atomic mass is 31.2. The van der Waals surface area contributed by atoms with Gasteiger partial charge in [-0.2, -0.15) is 0 Å². The minimum atomic E-state index is -3.56. The lowest BCUT2D eigenvalue weighted by Gasteiger charge is -2.17. The molecule has 4 aromatic rings. The number of aromatic nitrogens is 1. The molecule has 9 nitrogen and oxygen atoms in total. The SMILES string of the molecule is CCOP(=O)(OCC)c1ccc2[nH]c(O)c(C(=Nc3ccc(N(C)C(=O)CCN)cc3)c3ccccc3)c2c1. The van der Waals surface area contributed by atoms with Crippen molar-refractivity contribution in [2.45, 2.75) is 20.3 Å². The fourth-order valence-electron chi connectivity index (χ4n) is 4.28. The molecule has 0 aliphatic carbocycles. The molecule has 1 aromatic heterocycles. The molecule has 0 atom stereocenters. The molecule has 39 heavy (non-hydrogen) atoms. The van der Waals surface area contributed by atoms with Crippen LogP contribution in [0.4, 0.5) is 11.4 Å². The summed E-state index contributed by atoms with van der Waals surface area (Å²) in [6, 6.07) is 21.8. The number of aromatic amines is 1. The summed E-state index contributed by atoms with van der Waals surface area (Å²) in [5.74, 6) is -0.147. The predicted octanol–water partition coefficient (Wildman–Crippen LogP) is 5.25. The monoisotopic (exact) mass is 548 g/mol. The molecule has 1 amide bonds. The number of hydrogen-bond donors (Lipinski definition) is 3. The molecular formula is C29H33N4O5P. The number of rotatable bonds is 11. The van der Waals surface area contributed by atoms with E-state index in [1.54, 1.807) is 56.1 Å². The van der Waals surface area contributed by atoms with Crippen molar-refractivity contribution in [1.29, 1.82) is 0 Å². The van der Waals surface area contributed by atoms with Crippen LogP contribution in [0.2, 0.25) is 0 Å². The summed E-state index contributed by atoms with van der Waals surface area (Å²) >= 11 is 0. The molecule has 3 aromatic carbocycles.